The average molecular weight is 254 g/mol. The Morgan fingerprint density at radius 3 is 2.32 bits per heavy atom. The first-order chi connectivity index (χ1) is 9.16. The second-order valence-electron chi connectivity index (χ2n) is 5.15. The predicted octanol–water partition coefficient (Wildman–Crippen LogP) is 3.13. The van der Waals surface area contributed by atoms with Gasteiger partial charge in [0, 0.05) is 19.1 Å². The van der Waals surface area contributed by atoms with E-state index in [1.165, 1.54) is 16.7 Å². The first-order valence-electron chi connectivity index (χ1n) is 6.70. The third kappa shape index (κ3) is 3.91. The van der Waals surface area contributed by atoms with E-state index in [-0.39, 0.29) is 6.04 Å². The maximum absolute atomic E-state index is 6.31. The number of aryl methyl sites for hydroxylation is 1. The molecule has 0 amide bonds. The molecule has 2 rings (SSSR count). The van der Waals surface area contributed by atoms with Crippen LogP contribution in [0.2, 0.25) is 0 Å². The first kappa shape index (κ1) is 13.8. The van der Waals surface area contributed by atoms with Gasteiger partial charge in [0.25, 0.3) is 0 Å². The van der Waals surface area contributed by atoms with Gasteiger partial charge in [-0.05, 0) is 30.7 Å². The Hall–Kier alpha value is -1.64. The van der Waals surface area contributed by atoms with Crippen molar-refractivity contribution in [2.75, 3.05) is 13.6 Å². The molecule has 0 aliphatic rings. The van der Waals surface area contributed by atoms with E-state index in [4.69, 9.17) is 5.73 Å². The number of nitrogens with zero attached hydrogens (tertiary/aromatic N) is 1. The molecule has 0 saturated carbocycles. The maximum Gasteiger partial charge on any atom is 0.0426 e. The highest BCUT2D eigenvalue weighted by Gasteiger charge is 2.11. The molecule has 2 heteroatoms. The molecule has 0 aliphatic heterocycles. The smallest absolute Gasteiger partial charge is 0.0426 e. The van der Waals surface area contributed by atoms with Crippen LogP contribution in [0.25, 0.3) is 0 Å². The zero-order chi connectivity index (χ0) is 13.7. The number of hydrogen-bond acceptors (Lipinski definition) is 2. The van der Waals surface area contributed by atoms with Crippen LogP contribution in [0.1, 0.15) is 22.7 Å². The third-order valence-electron chi connectivity index (χ3n) is 3.39. The van der Waals surface area contributed by atoms with Crippen molar-refractivity contribution < 1.29 is 0 Å². The van der Waals surface area contributed by atoms with Crippen LogP contribution < -0.4 is 5.73 Å². The monoisotopic (exact) mass is 254 g/mol. The maximum atomic E-state index is 6.31. The van der Waals surface area contributed by atoms with Gasteiger partial charge in [0.05, 0.1) is 0 Å². The first-order valence-corrected chi connectivity index (χ1v) is 6.70. The summed E-state index contributed by atoms with van der Waals surface area (Å²) in [6.45, 7) is 3.91. The highest BCUT2D eigenvalue weighted by molar-refractivity contribution is 5.28. The van der Waals surface area contributed by atoms with Crippen LogP contribution in [0.5, 0.6) is 0 Å². The Morgan fingerprint density at radius 1 is 1.00 bits per heavy atom. The van der Waals surface area contributed by atoms with E-state index in [9.17, 15) is 0 Å². The van der Waals surface area contributed by atoms with Crippen molar-refractivity contribution in [3.05, 3.63) is 71.3 Å². The predicted molar refractivity (Wildman–Crippen MR) is 80.9 cm³/mol. The molecule has 0 bridgehead atoms. The van der Waals surface area contributed by atoms with Crippen LogP contribution in [-0.4, -0.2) is 18.5 Å². The lowest BCUT2D eigenvalue weighted by Crippen LogP contribution is -2.29. The molecule has 100 valence electrons. The van der Waals surface area contributed by atoms with Crippen LogP contribution in [0.15, 0.2) is 54.6 Å². The topological polar surface area (TPSA) is 29.3 Å². The molecule has 0 aromatic heterocycles. The zero-order valence-electron chi connectivity index (χ0n) is 11.7. The molecule has 1 atom stereocenters. The molecule has 2 aromatic rings. The number of nitrogens with two attached hydrogens (primary N) is 1. The standard InChI is InChI=1S/C17H22N2/c1-14-8-6-7-11-16(14)17(18)13-19(2)12-15-9-4-3-5-10-15/h3-11,17H,12-13,18H2,1-2H3. The molecule has 19 heavy (non-hydrogen) atoms. The molecular weight excluding hydrogens is 232 g/mol. The fourth-order valence-electron chi connectivity index (χ4n) is 2.40. The molecule has 2 nitrogen and oxygen atoms in total. The third-order valence-corrected chi connectivity index (χ3v) is 3.39. The zero-order valence-corrected chi connectivity index (χ0v) is 11.7. The van der Waals surface area contributed by atoms with Gasteiger partial charge >= 0.3 is 0 Å². The van der Waals surface area contributed by atoms with Crippen LogP contribution >= 0.6 is 0 Å². The van der Waals surface area contributed by atoms with E-state index >= 15 is 0 Å². The van der Waals surface area contributed by atoms with Gasteiger partial charge in [-0.25, -0.2) is 0 Å². The van der Waals surface area contributed by atoms with Crippen LogP contribution in [0.3, 0.4) is 0 Å². The number of rotatable bonds is 5. The molecule has 1 unspecified atom stereocenters. The van der Waals surface area contributed by atoms with E-state index in [1.54, 1.807) is 0 Å². The minimum Gasteiger partial charge on any atom is -0.323 e. The lowest BCUT2D eigenvalue weighted by atomic mass is 10.0. The molecule has 0 fully saturated rings. The van der Waals surface area contributed by atoms with Gasteiger partial charge in [0.1, 0.15) is 0 Å². The summed E-state index contributed by atoms with van der Waals surface area (Å²) >= 11 is 0. The number of hydrogen-bond donors (Lipinski definition) is 1. The lowest BCUT2D eigenvalue weighted by molar-refractivity contribution is 0.305. The van der Waals surface area contributed by atoms with Crippen molar-refractivity contribution in [1.82, 2.24) is 4.90 Å². The van der Waals surface area contributed by atoms with Gasteiger partial charge in [-0.15, -0.1) is 0 Å². The van der Waals surface area contributed by atoms with Crippen molar-refractivity contribution >= 4 is 0 Å². The molecule has 0 radical (unpaired) electrons. The molecule has 0 saturated heterocycles. The Balaban J connectivity index is 1.96. The van der Waals surface area contributed by atoms with E-state index in [1.807, 2.05) is 6.07 Å². The molecule has 0 aliphatic carbocycles. The molecule has 0 spiro atoms. The SMILES string of the molecule is Cc1ccccc1C(N)CN(C)Cc1ccccc1. The summed E-state index contributed by atoms with van der Waals surface area (Å²) in [6.07, 6.45) is 0. The Morgan fingerprint density at radius 2 is 1.63 bits per heavy atom. The fraction of sp³-hybridized carbons (Fsp3) is 0.294. The summed E-state index contributed by atoms with van der Waals surface area (Å²) in [5.41, 5.74) is 10.1. The van der Waals surface area contributed by atoms with E-state index in [0.717, 1.165) is 13.1 Å². The van der Waals surface area contributed by atoms with Crippen LogP contribution in [0, 0.1) is 6.92 Å². The summed E-state index contributed by atoms with van der Waals surface area (Å²) in [7, 11) is 2.12. The van der Waals surface area contributed by atoms with Gasteiger partial charge in [0.2, 0.25) is 0 Å². The largest absolute Gasteiger partial charge is 0.323 e. The molecule has 2 N–H and O–H groups in total. The van der Waals surface area contributed by atoms with E-state index in [0.29, 0.717) is 0 Å². The number of benzene rings is 2. The van der Waals surface area contributed by atoms with E-state index < -0.39 is 0 Å². The second-order valence-corrected chi connectivity index (χ2v) is 5.15. The lowest BCUT2D eigenvalue weighted by Gasteiger charge is -2.22. The van der Waals surface area contributed by atoms with E-state index in [2.05, 4.69) is 67.4 Å². The van der Waals surface area contributed by atoms with Crippen molar-refractivity contribution in [2.24, 2.45) is 5.73 Å². The quantitative estimate of drug-likeness (QED) is 0.888. The van der Waals surface area contributed by atoms with Gasteiger partial charge in [0.15, 0.2) is 0 Å². The summed E-state index contributed by atoms with van der Waals surface area (Å²) < 4.78 is 0. The highest BCUT2D eigenvalue weighted by Crippen LogP contribution is 2.16. The average Bonchev–Trinajstić information content (AvgIpc) is 2.40. The van der Waals surface area contributed by atoms with Crippen molar-refractivity contribution in [3.8, 4) is 0 Å². The van der Waals surface area contributed by atoms with Crippen molar-refractivity contribution in [2.45, 2.75) is 19.5 Å². The summed E-state index contributed by atoms with van der Waals surface area (Å²) in [5, 5.41) is 0. The van der Waals surface area contributed by atoms with Crippen molar-refractivity contribution in [1.29, 1.82) is 0 Å². The van der Waals surface area contributed by atoms with Gasteiger partial charge in [-0.2, -0.15) is 0 Å². The highest BCUT2D eigenvalue weighted by atomic mass is 15.1. The molecule has 0 heterocycles. The fourth-order valence-corrected chi connectivity index (χ4v) is 2.40. The minimum absolute atomic E-state index is 0.0647. The van der Waals surface area contributed by atoms with Gasteiger partial charge in [-0.3, -0.25) is 0 Å². The minimum atomic E-state index is 0.0647. The van der Waals surface area contributed by atoms with Crippen LogP contribution in [0.4, 0.5) is 0 Å². The Bertz CT molecular complexity index is 508. The Labute approximate surface area is 115 Å². The second kappa shape index (κ2) is 6.50. The van der Waals surface area contributed by atoms with Crippen LogP contribution in [-0.2, 0) is 6.54 Å². The van der Waals surface area contributed by atoms with Gasteiger partial charge < -0.3 is 10.6 Å². The molecular formula is C17H22N2. The van der Waals surface area contributed by atoms with Gasteiger partial charge in [-0.1, -0.05) is 54.6 Å². The van der Waals surface area contributed by atoms with Crippen molar-refractivity contribution in [3.63, 3.8) is 0 Å². The number of likely N-dealkylation sites (N-methyl/N-ethyl adjacent to an activating group) is 1. The normalized spacial score (nSPS) is 12.6. The summed E-state index contributed by atoms with van der Waals surface area (Å²) in [6, 6.07) is 18.9. The Kier molecular flexibility index (Phi) is 4.72. The molecule has 2 aromatic carbocycles. The summed E-state index contributed by atoms with van der Waals surface area (Å²) in [4.78, 5) is 2.27. The summed E-state index contributed by atoms with van der Waals surface area (Å²) in [5.74, 6) is 0.